The molecule has 5 heteroatoms. The first-order valence-corrected chi connectivity index (χ1v) is 10.8. The zero-order valence-electron chi connectivity index (χ0n) is 16.1. The Balaban J connectivity index is 0.00000109. The second-order valence-corrected chi connectivity index (χ2v) is 8.33. The van der Waals surface area contributed by atoms with E-state index in [-0.39, 0.29) is 0 Å². The van der Waals surface area contributed by atoms with Gasteiger partial charge < -0.3 is 14.4 Å². The molecule has 3 rings (SSSR count). The highest BCUT2D eigenvalue weighted by Gasteiger charge is 2.30. The van der Waals surface area contributed by atoms with E-state index in [9.17, 15) is 8.76 Å². The molecule has 2 heterocycles. The summed E-state index contributed by atoms with van der Waals surface area (Å²) < 4.78 is 22.1. The number of hydrogen-bond acceptors (Lipinski definition) is 4. The zero-order chi connectivity index (χ0) is 18.4. The molecule has 0 amide bonds. The average Bonchev–Trinajstić information content (AvgIpc) is 2.60. The Labute approximate surface area is 155 Å². The topological polar surface area (TPSA) is 46.6 Å². The van der Waals surface area contributed by atoms with E-state index in [4.69, 9.17) is 0 Å². The van der Waals surface area contributed by atoms with Gasteiger partial charge in [0, 0.05) is 36.1 Å². The van der Waals surface area contributed by atoms with E-state index >= 15 is 0 Å². The third kappa shape index (κ3) is 5.53. The summed E-state index contributed by atoms with van der Waals surface area (Å²) in [5, 5.41) is 0. The minimum Gasteiger partial charge on any atom is -0.768 e. The molecular formula is C20H33N2O2S-. The van der Waals surface area contributed by atoms with Crippen LogP contribution in [0, 0.1) is 17.8 Å². The van der Waals surface area contributed by atoms with Crippen molar-refractivity contribution in [1.82, 2.24) is 4.90 Å². The molecule has 25 heavy (non-hydrogen) atoms. The highest BCUT2D eigenvalue weighted by molar-refractivity contribution is 7.79. The first kappa shape index (κ1) is 20.4. The van der Waals surface area contributed by atoms with Crippen molar-refractivity contribution >= 4 is 16.8 Å². The standard InChI is InChI=1S/C18H28N2O2S.C2H6/c1-14(2)16-6-8-19(9-7-16)11-15-12-20(13-15)17-4-3-5-18(10-17)23(21)22;1-2/h3-5,10,14-16H,6-9,11-13H2,1-2H3,(H,21,22);1-2H3/p-1. The Morgan fingerprint density at radius 1 is 1.20 bits per heavy atom. The summed E-state index contributed by atoms with van der Waals surface area (Å²) in [5.41, 5.74) is 1.03. The van der Waals surface area contributed by atoms with Gasteiger partial charge in [-0.05, 0) is 67.0 Å². The van der Waals surface area contributed by atoms with Crippen molar-refractivity contribution in [3.8, 4) is 0 Å². The van der Waals surface area contributed by atoms with Crippen LogP contribution in [0.3, 0.4) is 0 Å². The van der Waals surface area contributed by atoms with Gasteiger partial charge in [0.1, 0.15) is 0 Å². The average molecular weight is 366 g/mol. The number of rotatable bonds is 5. The Morgan fingerprint density at radius 3 is 2.40 bits per heavy atom. The minimum absolute atomic E-state index is 0.377. The fourth-order valence-electron chi connectivity index (χ4n) is 3.85. The molecule has 2 aliphatic heterocycles. The van der Waals surface area contributed by atoms with E-state index in [1.807, 2.05) is 26.0 Å². The van der Waals surface area contributed by atoms with Gasteiger partial charge in [-0.25, -0.2) is 0 Å². The Kier molecular flexibility index (Phi) is 7.91. The van der Waals surface area contributed by atoms with Gasteiger partial charge in [0.2, 0.25) is 0 Å². The van der Waals surface area contributed by atoms with E-state index in [1.54, 1.807) is 12.1 Å². The number of anilines is 1. The molecule has 1 aromatic carbocycles. The van der Waals surface area contributed by atoms with E-state index in [0.717, 1.165) is 30.6 Å². The van der Waals surface area contributed by atoms with Gasteiger partial charge in [0.25, 0.3) is 0 Å². The smallest absolute Gasteiger partial charge is 0.0378 e. The van der Waals surface area contributed by atoms with Crippen LogP contribution in [0.2, 0.25) is 0 Å². The van der Waals surface area contributed by atoms with Crippen molar-refractivity contribution in [2.45, 2.75) is 45.4 Å². The highest BCUT2D eigenvalue weighted by atomic mass is 32.2. The summed E-state index contributed by atoms with van der Waals surface area (Å²) >= 11 is -2.14. The van der Waals surface area contributed by atoms with Crippen LogP contribution in [-0.2, 0) is 11.1 Å². The van der Waals surface area contributed by atoms with E-state index in [0.29, 0.717) is 10.8 Å². The summed E-state index contributed by atoms with van der Waals surface area (Å²) in [6.45, 7) is 14.4. The molecule has 142 valence electrons. The summed E-state index contributed by atoms with van der Waals surface area (Å²) in [6.07, 6.45) is 2.68. The largest absolute Gasteiger partial charge is 0.768 e. The molecule has 1 unspecified atom stereocenters. The van der Waals surface area contributed by atoms with E-state index in [2.05, 4.69) is 23.6 Å². The predicted octanol–water partition coefficient (Wildman–Crippen LogP) is 3.76. The molecule has 1 atom stereocenters. The van der Waals surface area contributed by atoms with E-state index < -0.39 is 11.1 Å². The Hall–Kier alpha value is -0.910. The maximum atomic E-state index is 11.1. The lowest BCUT2D eigenvalue weighted by Gasteiger charge is -2.44. The van der Waals surface area contributed by atoms with Gasteiger partial charge in [-0.1, -0.05) is 33.8 Å². The Morgan fingerprint density at radius 2 is 1.84 bits per heavy atom. The summed E-state index contributed by atoms with van der Waals surface area (Å²) in [6, 6.07) is 7.24. The summed E-state index contributed by atoms with van der Waals surface area (Å²) in [7, 11) is 0. The van der Waals surface area contributed by atoms with Crippen LogP contribution in [0.15, 0.2) is 29.2 Å². The van der Waals surface area contributed by atoms with Crippen LogP contribution in [0.4, 0.5) is 5.69 Å². The lowest BCUT2D eigenvalue weighted by Crippen LogP contribution is -2.52. The maximum absolute atomic E-state index is 11.1. The molecule has 0 bridgehead atoms. The predicted molar refractivity (Wildman–Crippen MR) is 105 cm³/mol. The normalized spacial score (nSPS) is 20.8. The second kappa shape index (κ2) is 9.70. The SMILES string of the molecule is CC.CC(C)C1CCN(CC2CN(c3cccc(S(=O)[O-])c3)C2)CC1. The number of benzene rings is 1. The fourth-order valence-corrected chi connectivity index (χ4v) is 4.25. The maximum Gasteiger partial charge on any atom is 0.0378 e. The number of nitrogens with zero attached hydrogens (tertiary/aromatic N) is 2. The molecule has 0 radical (unpaired) electrons. The molecule has 0 spiro atoms. The van der Waals surface area contributed by atoms with Crippen LogP contribution >= 0.6 is 0 Å². The van der Waals surface area contributed by atoms with Crippen molar-refractivity contribution in [2.75, 3.05) is 37.6 Å². The molecule has 0 aromatic heterocycles. The zero-order valence-corrected chi connectivity index (χ0v) is 16.9. The minimum atomic E-state index is -2.14. The quantitative estimate of drug-likeness (QED) is 0.746. The first-order chi connectivity index (χ1) is 12.0. The van der Waals surface area contributed by atoms with Gasteiger partial charge in [-0.15, -0.1) is 0 Å². The number of piperidine rings is 1. The van der Waals surface area contributed by atoms with Crippen molar-refractivity contribution in [3.05, 3.63) is 24.3 Å². The molecule has 2 aliphatic rings. The van der Waals surface area contributed by atoms with Crippen molar-refractivity contribution in [3.63, 3.8) is 0 Å². The van der Waals surface area contributed by atoms with Crippen LogP contribution < -0.4 is 4.90 Å². The molecule has 0 aliphatic carbocycles. The third-order valence-electron chi connectivity index (χ3n) is 5.42. The molecule has 0 N–H and O–H groups in total. The van der Waals surface area contributed by atoms with E-state index in [1.165, 1.54) is 32.5 Å². The van der Waals surface area contributed by atoms with Gasteiger partial charge >= 0.3 is 0 Å². The van der Waals surface area contributed by atoms with Crippen LogP contribution in [0.25, 0.3) is 0 Å². The number of likely N-dealkylation sites (tertiary alicyclic amines) is 1. The third-order valence-corrected chi connectivity index (χ3v) is 6.06. The van der Waals surface area contributed by atoms with Crippen LogP contribution in [0.1, 0.15) is 40.5 Å². The van der Waals surface area contributed by atoms with Gasteiger partial charge in [-0.2, -0.15) is 0 Å². The second-order valence-electron chi connectivity index (χ2n) is 7.39. The molecule has 0 saturated carbocycles. The van der Waals surface area contributed by atoms with Crippen molar-refractivity contribution in [2.24, 2.45) is 17.8 Å². The molecular weight excluding hydrogens is 332 g/mol. The first-order valence-electron chi connectivity index (χ1n) is 9.69. The van der Waals surface area contributed by atoms with Crippen LogP contribution in [-0.4, -0.2) is 46.4 Å². The lowest BCUT2D eigenvalue weighted by molar-refractivity contribution is 0.131. The van der Waals surface area contributed by atoms with Gasteiger partial charge in [-0.3, -0.25) is 4.21 Å². The van der Waals surface area contributed by atoms with Gasteiger partial charge in [0.05, 0.1) is 0 Å². The monoisotopic (exact) mass is 365 g/mol. The summed E-state index contributed by atoms with van der Waals surface area (Å²) in [4.78, 5) is 5.27. The molecule has 4 nitrogen and oxygen atoms in total. The molecule has 2 fully saturated rings. The summed E-state index contributed by atoms with van der Waals surface area (Å²) in [5.74, 6) is 2.43. The fraction of sp³-hybridized carbons (Fsp3) is 0.700. The van der Waals surface area contributed by atoms with Crippen molar-refractivity contribution < 1.29 is 8.76 Å². The molecule has 2 saturated heterocycles. The van der Waals surface area contributed by atoms with Crippen LogP contribution in [0.5, 0.6) is 0 Å². The lowest BCUT2D eigenvalue weighted by atomic mass is 9.86. The van der Waals surface area contributed by atoms with Crippen molar-refractivity contribution in [1.29, 1.82) is 0 Å². The highest BCUT2D eigenvalue weighted by Crippen LogP contribution is 2.29. The Bertz CT molecular complexity index is 550. The van der Waals surface area contributed by atoms with Gasteiger partial charge in [0.15, 0.2) is 0 Å². The molecule has 1 aromatic rings. The number of hydrogen-bond donors (Lipinski definition) is 0.